The second-order valence-electron chi connectivity index (χ2n) is 6.48. The number of aryl methyl sites for hydroxylation is 2. The standard InChI is InChI=1S/C17H21NO5/c1-10-5-12-13(8-23-14(12)6-11(10)2)16(21)18-17(7-15(19)20)3-4-22-9-17/h5-6,13H,3-4,7-9H2,1-2H3,(H,18,21)(H,19,20). The first-order valence-electron chi connectivity index (χ1n) is 7.76. The van der Waals surface area contributed by atoms with Crippen molar-refractivity contribution in [1.82, 2.24) is 5.32 Å². The summed E-state index contributed by atoms with van der Waals surface area (Å²) in [5, 5.41) is 12.0. The first kappa shape index (κ1) is 15.8. The van der Waals surface area contributed by atoms with E-state index in [1.54, 1.807) is 0 Å². The minimum atomic E-state index is -0.939. The Morgan fingerprint density at radius 3 is 2.74 bits per heavy atom. The SMILES string of the molecule is Cc1cc2c(cc1C)C(C(=O)NC1(CC(=O)O)CCOC1)CO2. The molecule has 6 nitrogen and oxygen atoms in total. The Morgan fingerprint density at radius 1 is 1.35 bits per heavy atom. The van der Waals surface area contributed by atoms with Crippen molar-refractivity contribution in [3.05, 3.63) is 28.8 Å². The molecular weight excluding hydrogens is 298 g/mol. The topological polar surface area (TPSA) is 84.9 Å². The zero-order chi connectivity index (χ0) is 16.6. The molecule has 1 amide bonds. The molecule has 0 aromatic heterocycles. The van der Waals surface area contributed by atoms with Gasteiger partial charge in [0.15, 0.2) is 0 Å². The van der Waals surface area contributed by atoms with Gasteiger partial charge < -0.3 is 19.9 Å². The molecule has 2 aliphatic heterocycles. The van der Waals surface area contributed by atoms with Crippen molar-refractivity contribution in [2.75, 3.05) is 19.8 Å². The minimum Gasteiger partial charge on any atom is -0.492 e. The molecule has 2 N–H and O–H groups in total. The summed E-state index contributed by atoms with van der Waals surface area (Å²) >= 11 is 0. The molecule has 6 heteroatoms. The fourth-order valence-corrected chi connectivity index (χ4v) is 3.22. The highest BCUT2D eigenvalue weighted by molar-refractivity contribution is 5.87. The van der Waals surface area contributed by atoms with Crippen LogP contribution in [0.4, 0.5) is 0 Å². The number of carboxylic acids is 1. The lowest BCUT2D eigenvalue weighted by Gasteiger charge is -2.28. The number of ether oxygens (including phenoxy) is 2. The van der Waals surface area contributed by atoms with E-state index in [0.717, 1.165) is 22.4 Å². The summed E-state index contributed by atoms with van der Waals surface area (Å²) in [5.41, 5.74) is 2.29. The summed E-state index contributed by atoms with van der Waals surface area (Å²) in [6, 6.07) is 3.93. The Hall–Kier alpha value is -2.08. The third-order valence-corrected chi connectivity index (χ3v) is 4.70. The van der Waals surface area contributed by atoms with Crippen LogP contribution >= 0.6 is 0 Å². The van der Waals surface area contributed by atoms with Crippen LogP contribution in [0.2, 0.25) is 0 Å². The summed E-state index contributed by atoms with van der Waals surface area (Å²) in [6.45, 7) is 4.99. The number of amides is 1. The van der Waals surface area contributed by atoms with E-state index in [2.05, 4.69) is 5.32 Å². The van der Waals surface area contributed by atoms with Gasteiger partial charge in [-0.3, -0.25) is 9.59 Å². The van der Waals surface area contributed by atoms with E-state index in [9.17, 15) is 9.59 Å². The van der Waals surface area contributed by atoms with E-state index < -0.39 is 17.4 Å². The van der Waals surface area contributed by atoms with E-state index in [-0.39, 0.29) is 25.5 Å². The van der Waals surface area contributed by atoms with Gasteiger partial charge in [0, 0.05) is 12.2 Å². The van der Waals surface area contributed by atoms with Gasteiger partial charge >= 0.3 is 5.97 Å². The summed E-state index contributed by atoms with van der Waals surface area (Å²) in [5.74, 6) is -0.803. The van der Waals surface area contributed by atoms with Gasteiger partial charge in [0.25, 0.3) is 0 Å². The number of aliphatic carboxylic acids is 1. The number of hydrogen-bond acceptors (Lipinski definition) is 4. The quantitative estimate of drug-likeness (QED) is 0.879. The molecule has 2 unspecified atom stereocenters. The molecule has 1 aromatic carbocycles. The molecule has 124 valence electrons. The van der Waals surface area contributed by atoms with Crippen molar-refractivity contribution >= 4 is 11.9 Å². The second-order valence-corrected chi connectivity index (χ2v) is 6.48. The predicted molar refractivity (Wildman–Crippen MR) is 82.7 cm³/mol. The maximum atomic E-state index is 12.7. The number of carbonyl (C=O) groups is 2. The summed E-state index contributed by atoms with van der Waals surface area (Å²) in [4.78, 5) is 23.8. The fraction of sp³-hybridized carbons (Fsp3) is 0.529. The maximum absolute atomic E-state index is 12.7. The zero-order valence-electron chi connectivity index (χ0n) is 13.3. The Balaban J connectivity index is 1.80. The molecule has 0 radical (unpaired) electrons. The minimum absolute atomic E-state index is 0.133. The maximum Gasteiger partial charge on any atom is 0.305 e. The number of hydrogen-bond donors (Lipinski definition) is 2. The summed E-state index contributed by atoms with van der Waals surface area (Å²) in [7, 11) is 0. The van der Waals surface area contributed by atoms with Gasteiger partial charge in [-0.1, -0.05) is 6.07 Å². The highest BCUT2D eigenvalue weighted by Gasteiger charge is 2.41. The van der Waals surface area contributed by atoms with Crippen LogP contribution in [-0.4, -0.2) is 42.3 Å². The van der Waals surface area contributed by atoms with Crippen molar-refractivity contribution in [2.45, 2.75) is 38.1 Å². The molecule has 0 spiro atoms. The van der Waals surface area contributed by atoms with Crippen LogP contribution in [0.1, 0.15) is 35.4 Å². The largest absolute Gasteiger partial charge is 0.492 e. The lowest BCUT2D eigenvalue weighted by Crippen LogP contribution is -2.52. The van der Waals surface area contributed by atoms with Crippen LogP contribution in [0.3, 0.4) is 0 Å². The first-order chi connectivity index (χ1) is 10.9. The Kier molecular flexibility index (Phi) is 4.02. The molecule has 2 aliphatic rings. The van der Waals surface area contributed by atoms with Crippen LogP contribution in [-0.2, 0) is 14.3 Å². The molecular formula is C17H21NO5. The number of carboxylic acid groups (broad SMARTS) is 1. The Labute approximate surface area is 134 Å². The number of carbonyl (C=O) groups excluding carboxylic acids is 1. The van der Waals surface area contributed by atoms with Gasteiger partial charge in [-0.15, -0.1) is 0 Å². The third-order valence-electron chi connectivity index (χ3n) is 4.70. The molecule has 1 aromatic rings. The average molecular weight is 319 g/mol. The molecule has 0 aliphatic carbocycles. The Morgan fingerprint density at radius 2 is 2.09 bits per heavy atom. The van der Waals surface area contributed by atoms with Gasteiger partial charge in [-0.25, -0.2) is 0 Å². The number of fused-ring (bicyclic) bond motifs is 1. The monoisotopic (exact) mass is 319 g/mol. The van der Waals surface area contributed by atoms with Gasteiger partial charge in [0.2, 0.25) is 5.91 Å². The lowest BCUT2D eigenvalue weighted by molar-refractivity contribution is -0.139. The van der Waals surface area contributed by atoms with E-state index in [1.807, 2.05) is 26.0 Å². The number of rotatable bonds is 4. The average Bonchev–Trinajstić information content (AvgIpc) is 3.06. The highest BCUT2D eigenvalue weighted by atomic mass is 16.5. The van der Waals surface area contributed by atoms with Crippen LogP contribution in [0.25, 0.3) is 0 Å². The molecule has 3 rings (SSSR count). The highest BCUT2D eigenvalue weighted by Crippen LogP contribution is 2.37. The van der Waals surface area contributed by atoms with Crippen LogP contribution in [0.15, 0.2) is 12.1 Å². The lowest BCUT2D eigenvalue weighted by atomic mass is 9.91. The molecule has 0 bridgehead atoms. The molecule has 2 atom stereocenters. The van der Waals surface area contributed by atoms with Crippen molar-refractivity contribution in [1.29, 1.82) is 0 Å². The van der Waals surface area contributed by atoms with Crippen molar-refractivity contribution in [3.63, 3.8) is 0 Å². The van der Waals surface area contributed by atoms with E-state index in [0.29, 0.717) is 13.0 Å². The van der Waals surface area contributed by atoms with Crippen LogP contribution < -0.4 is 10.1 Å². The van der Waals surface area contributed by atoms with Gasteiger partial charge in [-0.05, 0) is 37.5 Å². The van der Waals surface area contributed by atoms with Gasteiger partial charge in [-0.2, -0.15) is 0 Å². The third kappa shape index (κ3) is 3.03. The van der Waals surface area contributed by atoms with E-state index >= 15 is 0 Å². The molecule has 23 heavy (non-hydrogen) atoms. The zero-order valence-corrected chi connectivity index (χ0v) is 13.3. The van der Waals surface area contributed by atoms with Crippen molar-refractivity contribution < 1.29 is 24.2 Å². The van der Waals surface area contributed by atoms with E-state index in [4.69, 9.17) is 14.6 Å². The van der Waals surface area contributed by atoms with Crippen LogP contribution in [0, 0.1) is 13.8 Å². The normalized spacial score (nSPS) is 25.7. The smallest absolute Gasteiger partial charge is 0.305 e. The fourth-order valence-electron chi connectivity index (χ4n) is 3.22. The molecule has 1 saturated heterocycles. The number of nitrogens with one attached hydrogen (secondary N) is 1. The summed E-state index contributed by atoms with van der Waals surface area (Å²) in [6.07, 6.45) is 0.379. The van der Waals surface area contributed by atoms with E-state index in [1.165, 1.54) is 0 Å². The second kappa shape index (κ2) is 5.85. The predicted octanol–water partition coefficient (Wildman–Crippen LogP) is 1.53. The van der Waals surface area contributed by atoms with Crippen molar-refractivity contribution in [3.8, 4) is 5.75 Å². The molecule has 2 heterocycles. The van der Waals surface area contributed by atoms with Gasteiger partial charge in [0.1, 0.15) is 18.3 Å². The van der Waals surface area contributed by atoms with Crippen molar-refractivity contribution in [2.24, 2.45) is 0 Å². The summed E-state index contributed by atoms with van der Waals surface area (Å²) < 4.78 is 11.0. The number of benzene rings is 1. The molecule has 1 fully saturated rings. The Bertz CT molecular complexity index is 649. The van der Waals surface area contributed by atoms with Crippen LogP contribution in [0.5, 0.6) is 5.75 Å². The molecule has 0 saturated carbocycles. The first-order valence-corrected chi connectivity index (χ1v) is 7.76. The van der Waals surface area contributed by atoms with Gasteiger partial charge in [0.05, 0.1) is 18.6 Å².